The average molecular weight is 344 g/mol. The minimum absolute atomic E-state index is 0.0243. The number of carbonyl (C=O) groups is 3. The number of benzene rings is 1. The lowest BCUT2D eigenvalue weighted by Gasteiger charge is -2.39. The molecule has 0 aliphatic heterocycles. The number of nitrogens with one attached hydrogen (secondary N) is 2. The Morgan fingerprint density at radius 3 is 2.36 bits per heavy atom. The van der Waals surface area contributed by atoms with Crippen molar-refractivity contribution in [2.75, 3.05) is 5.32 Å². The van der Waals surface area contributed by atoms with Gasteiger partial charge in [0.25, 0.3) is 5.91 Å². The molecule has 134 valence electrons. The molecule has 3 rings (SSSR count). The highest BCUT2D eigenvalue weighted by molar-refractivity contribution is 5.97. The number of rotatable bonds is 5. The van der Waals surface area contributed by atoms with Crippen LogP contribution in [0.5, 0.6) is 0 Å². The summed E-state index contributed by atoms with van der Waals surface area (Å²) in [5.74, 6) is -1.56. The molecule has 25 heavy (non-hydrogen) atoms. The number of carboxylic acids is 1. The highest BCUT2D eigenvalue weighted by atomic mass is 16.4. The summed E-state index contributed by atoms with van der Waals surface area (Å²) in [5, 5.41) is 15.2. The quantitative estimate of drug-likeness (QED) is 0.765. The molecule has 0 heterocycles. The standard InChI is InChI=1S/C19H24N2O4/c1-19(11-3-2-4-15(19)18(24)25)21-17(23)13-7-9-14(10-8-13)20-16(22)12-5-6-12/h7-10,12,15H,2-6,11H2,1H3,(H,20,22)(H,21,23)(H,24,25). The number of carbonyl (C=O) groups excluding carboxylic acids is 2. The molecule has 2 saturated carbocycles. The van der Waals surface area contributed by atoms with Gasteiger partial charge in [-0.15, -0.1) is 0 Å². The maximum Gasteiger partial charge on any atom is 0.308 e. The second kappa shape index (κ2) is 6.86. The Morgan fingerprint density at radius 1 is 1.08 bits per heavy atom. The molecule has 0 aromatic heterocycles. The lowest BCUT2D eigenvalue weighted by atomic mass is 9.73. The summed E-state index contributed by atoms with van der Waals surface area (Å²) in [6, 6.07) is 6.71. The first-order chi connectivity index (χ1) is 11.9. The third-order valence-corrected chi connectivity index (χ3v) is 5.27. The number of carboxylic acid groups (broad SMARTS) is 1. The van der Waals surface area contributed by atoms with Crippen molar-refractivity contribution in [3.05, 3.63) is 29.8 Å². The van der Waals surface area contributed by atoms with Crippen molar-refractivity contribution in [2.24, 2.45) is 11.8 Å². The molecule has 1 aromatic rings. The van der Waals surface area contributed by atoms with Gasteiger partial charge in [-0.2, -0.15) is 0 Å². The maximum atomic E-state index is 12.5. The lowest BCUT2D eigenvalue weighted by Crippen LogP contribution is -2.55. The Bertz CT molecular complexity index is 681. The Labute approximate surface area is 147 Å². The van der Waals surface area contributed by atoms with Gasteiger partial charge in [0.2, 0.25) is 5.91 Å². The number of hydrogen-bond donors (Lipinski definition) is 3. The summed E-state index contributed by atoms with van der Waals surface area (Å²) in [6.07, 6.45) is 4.90. The summed E-state index contributed by atoms with van der Waals surface area (Å²) < 4.78 is 0. The van der Waals surface area contributed by atoms with Crippen molar-refractivity contribution in [3.63, 3.8) is 0 Å². The smallest absolute Gasteiger partial charge is 0.308 e. The van der Waals surface area contributed by atoms with Crippen molar-refractivity contribution in [2.45, 2.75) is 51.0 Å². The summed E-state index contributed by atoms with van der Waals surface area (Å²) >= 11 is 0. The Morgan fingerprint density at radius 2 is 1.76 bits per heavy atom. The van der Waals surface area contributed by atoms with E-state index < -0.39 is 17.4 Å². The minimum atomic E-state index is -0.861. The van der Waals surface area contributed by atoms with Crippen LogP contribution in [0.1, 0.15) is 55.8 Å². The molecule has 0 spiro atoms. The molecular weight excluding hydrogens is 320 g/mol. The molecule has 3 N–H and O–H groups in total. The zero-order valence-corrected chi connectivity index (χ0v) is 14.4. The lowest BCUT2D eigenvalue weighted by molar-refractivity contribution is -0.145. The third-order valence-electron chi connectivity index (χ3n) is 5.27. The van der Waals surface area contributed by atoms with Crippen LogP contribution >= 0.6 is 0 Å². The summed E-state index contributed by atoms with van der Waals surface area (Å²) in [5.41, 5.74) is 0.390. The van der Waals surface area contributed by atoms with Crippen LogP contribution in [-0.4, -0.2) is 28.4 Å². The maximum absolute atomic E-state index is 12.5. The van der Waals surface area contributed by atoms with Gasteiger partial charge in [-0.05, 0) is 56.9 Å². The zero-order chi connectivity index (χ0) is 18.0. The highest BCUT2D eigenvalue weighted by Gasteiger charge is 2.42. The molecule has 2 fully saturated rings. The number of anilines is 1. The molecule has 2 aliphatic carbocycles. The molecule has 2 unspecified atom stereocenters. The molecular formula is C19H24N2O4. The van der Waals surface area contributed by atoms with Crippen molar-refractivity contribution >= 4 is 23.5 Å². The van der Waals surface area contributed by atoms with E-state index in [9.17, 15) is 19.5 Å². The van der Waals surface area contributed by atoms with Gasteiger partial charge >= 0.3 is 5.97 Å². The van der Waals surface area contributed by atoms with Crippen molar-refractivity contribution in [1.82, 2.24) is 5.32 Å². The van der Waals surface area contributed by atoms with Gasteiger partial charge in [-0.1, -0.05) is 12.8 Å². The van der Waals surface area contributed by atoms with Crippen LogP contribution in [-0.2, 0) is 9.59 Å². The number of hydrogen-bond acceptors (Lipinski definition) is 3. The number of aliphatic carboxylic acids is 1. The summed E-state index contributed by atoms with van der Waals surface area (Å²) in [4.78, 5) is 35.8. The van der Waals surface area contributed by atoms with E-state index in [1.165, 1.54) is 0 Å². The minimum Gasteiger partial charge on any atom is -0.481 e. The molecule has 2 aliphatic rings. The van der Waals surface area contributed by atoms with Crippen LogP contribution in [0.4, 0.5) is 5.69 Å². The predicted molar refractivity (Wildman–Crippen MR) is 93.3 cm³/mol. The summed E-state index contributed by atoms with van der Waals surface area (Å²) in [7, 11) is 0. The van der Waals surface area contributed by atoms with Gasteiger partial charge < -0.3 is 15.7 Å². The van der Waals surface area contributed by atoms with Crippen LogP contribution < -0.4 is 10.6 Å². The predicted octanol–water partition coefficient (Wildman–Crippen LogP) is 2.80. The topological polar surface area (TPSA) is 95.5 Å². The van der Waals surface area contributed by atoms with Crippen LogP contribution in [0.3, 0.4) is 0 Å². The summed E-state index contributed by atoms with van der Waals surface area (Å²) in [6.45, 7) is 1.81. The Kier molecular flexibility index (Phi) is 4.79. The van der Waals surface area contributed by atoms with E-state index in [4.69, 9.17) is 0 Å². The van der Waals surface area contributed by atoms with Crippen LogP contribution in [0, 0.1) is 11.8 Å². The first kappa shape index (κ1) is 17.5. The van der Waals surface area contributed by atoms with Gasteiger partial charge in [-0.25, -0.2) is 0 Å². The molecule has 0 radical (unpaired) electrons. The highest BCUT2D eigenvalue weighted by Crippen LogP contribution is 2.34. The molecule has 0 bridgehead atoms. The molecule has 6 heteroatoms. The fraction of sp³-hybridized carbons (Fsp3) is 0.526. The van der Waals surface area contributed by atoms with Gasteiger partial charge in [0.05, 0.1) is 11.5 Å². The van der Waals surface area contributed by atoms with Gasteiger partial charge in [0.15, 0.2) is 0 Å². The van der Waals surface area contributed by atoms with E-state index in [1.54, 1.807) is 24.3 Å². The average Bonchev–Trinajstić information content (AvgIpc) is 3.40. The van der Waals surface area contributed by atoms with Gasteiger partial charge in [0.1, 0.15) is 0 Å². The fourth-order valence-corrected chi connectivity index (χ4v) is 3.51. The SMILES string of the molecule is CC1(NC(=O)c2ccc(NC(=O)C3CC3)cc2)CCCCC1C(=O)O. The third kappa shape index (κ3) is 4.00. The van der Waals surface area contributed by atoms with Crippen LogP contribution in [0.25, 0.3) is 0 Å². The van der Waals surface area contributed by atoms with E-state index in [1.807, 2.05) is 6.92 Å². The van der Waals surface area contributed by atoms with Crippen LogP contribution in [0.2, 0.25) is 0 Å². The van der Waals surface area contributed by atoms with E-state index >= 15 is 0 Å². The second-order valence-electron chi connectivity index (χ2n) is 7.35. The van der Waals surface area contributed by atoms with Crippen molar-refractivity contribution < 1.29 is 19.5 Å². The van der Waals surface area contributed by atoms with E-state index in [0.29, 0.717) is 24.1 Å². The van der Waals surface area contributed by atoms with E-state index in [2.05, 4.69) is 10.6 Å². The Hall–Kier alpha value is -2.37. The molecule has 2 amide bonds. The first-order valence-electron chi connectivity index (χ1n) is 8.85. The molecule has 6 nitrogen and oxygen atoms in total. The molecule has 0 saturated heterocycles. The molecule has 1 aromatic carbocycles. The fourth-order valence-electron chi connectivity index (χ4n) is 3.51. The molecule has 2 atom stereocenters. The monoisotopic (exact) mass is 344 g/mol. The van der Waals surface area contributed by atoms with Crippen molar-refractivity contribution in [3.8, 4) is 0 Å². The second-order valence-corrected chi connectivity index (χ2v) is 7.35. The first-order valence-corrected chi connectivity index (χ1v) is 8.85. The normalized spacial score (nSPS) is 25.9. The largest absolute Gasteiger partial charge is 0.481 e. The van der Waals surface area contributed by atoms with Crippen molar-refractivity contribution in [1.29, 1.82) is 0 Å². The van der Waals surface area contributed by atoms with Gasteiger partial charge in [0, 0.05) is 17.2 Å². The zero-order valence-electron chi connectivity index (χ0n) is 14.4. The Balaban J connectivity index is 1.65. The van der Waals surface area contributed by atoms with Crippen LogP contribution in [0.15, 0.2) is 24.3 Å². The van der Waals surface area contributed by atoms with E-state index in [-0.39, 0.29) is 17.7 Å². The van der Waals surface area contributed by atoms with Gasteiger partial charge in [-0.3, -0.25) is 14.4 Å². The number of amides is 2. The van der Waals surface area contributed by atoms with E-state index in [0.717, 1.165) is 25.7 Å².